The topological polar surface area (TPSA) is 86.8 Å². The Morgan fingerprint density at radius 3 is 2.19 bits per heavy atom. The number of para-hydroxylation sites is 1. The van der Waals surface area contributed by atoms with Crippen LogP contribution in [0.15, 0.2) is 70.3 Å². The van der Waals surface area contributed by atoms with Crippen LogP contribution in [-0.2, 0) is 10.0 Å². The van der Waals surface area contributed by atoms with Gasteiger partial charge in [-0.15, -0.1) is 11.3 Å². The van der Waals surface area contributed by atoms with Crippen molar-refractivity contribution in [2.24, 2.45) is 0 Å². The number of benzene rings is 2. The van der Waals surface area contributed by atoms with Crippen LogP contribution < -0.4 is 9.62 Å². The Kier molecular flexibility index (Phi) is 7.32. The van der Waals surface area contributed by atoms with Gasteiger partial charge in [-0.3, -0.25) is 13.9 Å². The Balaban J connectivity index is 1.79. The molecule has 168 valence electrons. The smallest absolute Gasteiger partial charge is 0.273 e. The highest BCUT2D eigenvalue weighted by Crippen LogP contribution is 2.26. The lowest BCUT2D eigenvalue weighted by molar-refractivity contribution is 0.0774. The fraction of sp³-hybridized carbons (Fsp3) is 0.217. The first-order valence-electron chi connectivity index (χ1n) is 10.1. The van der Waals surface area contributed by atoms with Crippen LogP contribution in [0.2, 0.25) is 0 Å². The third kappa shape index (κ3) is 4.84. The molecule has 3 rings (SSSR count). The first-order chi connectivity index (χ1) is 15.3. The van der Waals surface area contributed by atoms with E-state index in [1.165, 1.54) is 11.4 Å². The lowest BCUT2D eigenvalue weighted by Crippen LogP contribution is -2.31. The summed E-state index contributed by atoms with van der Waals surface area (Å²) in [5, 5.41) is 4.50. The van der Waals surface area contributed by atoms with Crippen molar-refractivity contribution in [2.75, 3.05) is 29.8 Å². The van der Waals surface area contributed by atoms with Gasteiger partial charge in [0.2, 0.25) is 0 Å². The third-order valence-electron chi connectivity index (χ3n) is 5.06. The van der Waals surface area contributed by atoms with Crippen LogP contribution in [0.1, 0.15) is 34.6 Å². The molecule has 3 aromatic rings. The van der Waals surface area contributed by atoms with E-state index in [0.29, 0.717) is 35.6 Å². The molecule has 2 amide bonds. The average Bonchev–Trinajstić information content (AvgIpc) is 3.36. The van der Waals surface area contributed by atoms with Gasteiger partial charge < -0.3 is 10.2 Å². The molecule has 0 saturated carbocycles. The molecule has 1 heterocycles. The number of hydrogen-bond donors (Lipinski definition) is 1. The molecule has 2 aromatic carbocycles. The highest BCUT2D eigenvalue weighted by molar-refractivity contribution is 7.94. The van der Waals surface area contributed by atoms with Crippen molar-refractivity contribution in [1.82, 2.24) is 4.90 Å². The highest BCUT2D eigenvalue weighted by Gasteiger charge is 2.23. The van der Waals surface area contributed by atoms with Crippen LogP contribution in [-0.4, -0.2) is 45.3 Å². The highest BCUT2D eigenvalue weighted by atomic mass is 32.2. The third-order valence-corrected chi connectivity index (χ3v) is 8.22. The molecular weight excluding hydrogens is 446 g/mol. The Morgan fingerprint density at radius 2 is 1.59 bits per heavy atom. The summed E-state index contributed by atoms with van der Waals surface area (Å²) in [5.41, 5.74) is 1.63. The van der Waals surface area contributed by atoms with Crippen molar-refractivity contribution >= 4 is 44.5 Å². The predicted molar refractivity (Wildman–Crippen MR) is 128 cm³/mol. The summed E-state index contributed by atoms with van der Waals surface area (Å²) in [6, 6.07) is 16.4. The van der Waals surface area contributed by atoms with E-state index in [1.54, 1.807) is 70.9 Å². The standard InChI is InChI=1S/C23H25N3O4S2/c1-4-26(5-2)23(28)19-9-6-7-10-20(19)24-22(27)17-12-14-18(15-13-17)25(3)32(29,30)21-11-8-16-31-21/h6-16H,4-5H2,1-3H3,(H,24,27). The zero-order chi connectivity index (χ0) is 23.3. The second-order valence-electron chi connectivity index (χ2n) is 6.93. The monoisotopic (exact) mass is 471 g/mol. The molecule has 0 bridgehead atoms. The van der Waals surface area contributed by atoms with Crippen LogP contribution in [0.5, 0.6) is 0 Å². The molecule has 0 atom stereocenters. The molecule has 1 N–H and O–H groups in total. The van der Waals surface area contributed by atoms with Gasteiger partial charge in [-0.25, -0.2) is 8.42 Å². The number of carbonyl (C=O) groups excluding carboxylic acids is 2. The molecule has 0 saturated heterocycles. The van der Waals surface area contributed by atoms with E-state index in [9.17, 15) is 18.0 Å². The normalized spacial score (nSPS) is 11.1. The van der Waals surface area contributed by atoms with Crippen molar-refractivity contribution in [3.05, 3.63) is 77.2 Å². The molecule has 32 heavy (non-hydrogen) atoms. The van der Waals surface area contributed by atoms with Gasteiger partial charge in [0.1, 0.15) is 4.21 Å². The second-order valence-corrected chi connectivity index (χ2v) is 10.1. The Bertz CT molecular complexity index is 1190. The number of rotatable bonds is 8. The van der Waals surface area contributed by atoms with E-state index in [4.69, 9.17) is 0 Å². The minimum Gasteiger partial charge on any atom is -0.339 e. The fourth-order valence-electron chi connectivity index (χ4n) is 3.16. The predicted octanol–water partition coefficient (Wildman–Crippen LogP) is 4.31. The molecule has 0 radical (unpaired) electrons. The van der Waals surface area contributed by atoms with E-state index in [1.807, 2.05) is 13.8 Å². The zero-order valence-electron chi connectivity index (χ0n) is 18.1. The number of hydrogen-bond acceptors (Lipinski definition) is 5. The first-order valence-corrected chi connectivity index (χ1v) is 12.4. The molecule has 0 aliphatic carbocycles. The molecule has 0 spiro atoms. The Hall–Kier alpha value is -3.17. The lowest BCUT2D eigenvalue weighted by Gasteiger charge is -2.20. The van der Waals surface area contributed by atoms with Crippen LogP contribution in [0.4, 0.5) is 11.4 Å². The maximum atomic E-state index is 12.8. The van der Waals surface area contributed by atoms with E-state index in [0.717, 1.165) is 11.3 Å². The Labute approximate surface area is 192 Å². The molecule has 0 aliphatic rings. The number of anilines is 2. The maximum absolute atomic E-state index is 12.8. The SMILES string of the molecule is CCN(CC)C(=O)c1ccccc1NC(=O)c1ccc(N(C)S(=O)(=O)c2cccs2)cc1. The molecule has 0 fully saturated rings. The van der Waals surface area contributed by atoms with E-state index in [-0.39, 0.29) is 16.0 Å². The van der Waals surface area contributed by atoms with E-state index in [2.05, 4.69) is 5.32 Å². The van der Waals surface area contributed by atoms with Crippen molar-refractivity contribution < 1.29 is 18.0 Å². The summed E-state index contributed by atoms with van der Waals surface area (Å²) in [5.74, 6) is -0.540. The molecule has 0 aliphatic heterocycles. The molecule has 9 heteroatoms. The van der Waals surface area contributed by atoms with Crippen molar-refractivity contribution in [2.45, 2.75) is 18.1 Å². The first kappa shape index (κ1) is 23.5. The summed E-state index contributed by atoms with van der Waals surface area (Å²) in [6.07, 6.45) is 0. The van der Waals surface area contributed by atoms with Crippen LogP contribution >= 0.6 is 11.3 Å². The quantitative estimate of drug-likeness (QED) is 0.530. The lowest BCUT2D eigenvalue weighted by atomic mass is 10.1. The number of nitrogens with zero attached hydrogens (tertiary/aromatic N) is 2. The van der Waals surface area contributed by atoms with E-state index < -0.39 is 10.0 Å². The Morgan fingerprint density at radius 1 is 0.938 bits per heavy atom. The number of nitrogens with one attached hydrogen (secondary N) is 1. The number of sulfonamides is 1. The zero-order valence-corrected chi connectivity index (χ0v) is 19.7. The summed E-state index contributed by atoms with van der Waals surface area (Å²) in [4.78, 5) is 27.3. The fourth-order valence-corrected chi connectivity index (χ4v) is 5.52. The van der Waals surface area contributed by atoms with Gasteiger partial charge in [0.15, 0.2) is 0 Å². The number of amides is 2. The van der Waals surface area contributed by atoms with Crippen molar-refractivity contribution in [3.8, 4) is 0 Å². The van der Waals surface area contributed by atoms with Crippen molar-refractivity contribution in [1.29, 1.82) is 0 Å². The van der Waals surface area contributed by atoms with Gasteiger partial charge in [-0.1, -0.05) is 18.2 Å². The van der Waals surface area contributed by atoms with Crippen molar-refractivity contribution in [3.63, 3.8) is 0 Å². The number of carbonyl (C=O) groups is 2. The van der Waals surface area contributed by atoms with Gasteiger partial charge >= 0.3 is 0 Å². The summed E-state index contributed by atoms with van der Waals surface area (Å²) in [6.45, 7) is 4.95. The summed E-state index contributed by atoms with van der Waals surface area (Å²) < 4.78 is 26.8. The largest absolute Gasteiger partial charge is 0.339 e. The minimum absolute atomic E-state index is 0.151. The van der Waals surface area contributed by atoms with Gasteiger partial charge in [0.05, 0.1) is 16.9 Å². The van der Waals surface area contributed by atoms with Crippen LogP contribution in [0, 0.1) is 0 Å². The van der Waals surface area contributed by atoms with E-state index >= 15 is 0 Å². The van der Waals surface area contributed by atoms with Gasteiger partial charge in [0, 0.05) is 25.7 Å². The minimum atomic E-state index is -3.65. The average molecular weight is 472 g/mol. The van der Waals surface area contributed by atoms with Gasteiger partial charge in [0.25, 0.3) is 21.8 Å². The molecular formula is C23H25N3O4S2. The van der Waals surface area contributed by atoms with Crippen LogP contribution in [0.3, 0.4) is 0 Å². The van der Waals surface area contributed by atoms with Gasteiger partial charge in [-0.05, 0) is 61.7 Å². The molecule has 0 unspecified atom stereocenters. The molecule has 7 nitrogen and oxygen atoms in total. The number of thiophene rings is 1. The maximum Gasteiger partial charge on any atom is 0.273 e. The summed E-state index contributed by atoms with van der Waals surface area (Å²) >= 11 is 1.15. The molecule has 1 aromatic heterocycles. The van der Waals surface area contributed by atoms with Crippen LogP contribution in [0.25, 0.3) is 0 Å². The van der Waals surface area contributed by atoms with Gasteiger partial charge in [-0.2, -0.15) is 0 Å². The second kappa shape index (κ2) is 9.97. The summed E-state index contributed by atoms with van der Waals surface area (Å²) in [7, 11) is -2.18.